The van der Waals surface area contributed by atoms with Crippen molar-refractivity contribution in [2.75, 3.05) is 14.2 Å². The van der Waals surface area contributed by atoms with E-state index < -0.39 is 17.6 Å². The highest BCUT2D eigenvalue weighted by Crippen LogP contribution is 2.37. The fourth-order valence-electron chi connectivity index (χ4n) is 3.42. The molecule has 0 spiro atoms. The molecule has 0 aliphatic rings. The molecular weight excluding hydrogens is 497 g/mol. The topological polar surface area (TPSA) is 91.4 Å². The van der Waals surface area contributed by atoms with Gasteiger partial charge in [-0.05, 0) is 35.9 Å². The molecule has 12 heteroatoms. The molecule has 0 fully saturated rings. The number of benzene rings is 2. The van der Waals surface area contributed by atoms with Gasteiger partial charge in [0.15, 0.2) is 16.7 Å². The molecule has 4 rings (SSSR count). The molecule has 1 amide bonds. The van der Waals surface area contributed by atoms with Crippen molar-refractivity contribution in [1.29, 1.82) is 0 Å². The van der Waals surface area contributed by atoms with Crippen LogP contribution in [0.5, 0.6) is 11.5 Å². The number of carbonyl (C=O) groups excluding carboxylic acids is 1. The molecule has 2 aromatic heterocycles. The van der Waals surface area contributed by atoms with Crippen molar-refractivity contribution < 1.29 is 31.9 Å². The summed E-state index contributed by atoms with van der Waals surface area (Å²) in [6.45, 7) is -0.0160. The molecule has 0 aliphatic heterocycles. The Morgan fingerprint density at radius 3 is 2.42 bits per heavy atom. The Kier molecular flexibility index (Phi) is 7.53. The number of halogens is 3. The van der Waals surface area contributed by atoms with Crippen molar-refractivity contribution >= 4 is 17.7 Å². The van der Waals surface area contributed by atoms with Gasteiger partial charge in [0.05, 0.1) is 32.6 Å². The van der Waals surface area contributed by atoms with E-state index in [1.807, 2.05) is 0 Å². The Morgan fingerprint density at radius 2 is 1.78 bits per heavy atom. The van der Waals surface area contributed by atoms with Gasteiger partial charge in [0.25, 0.3) is 5.91 Å². The van der Waals surface area contributed by atoms with Crippen LogP contribution in [-0.2, 0) is 18.5 Å². The fourth-order valence-corrected chi connectivity index (χ4v) is 4.32. The Bertz CT molecular complexity index is 1320. The van der Waals surface area contributed by atoms with Gasteiger partial charge in [0.2, 0.25) is 0 Å². The molecule has 188 valence electrons. The average Bonchev–Trinajstić information content (AvgIpc) is 3.55. The normalized spacial score (nSPS) is 11.4. The number of alkyl halides is 3. The smallest absolute Gasteiger partial charge is 0.416 e. The second kappa shape index (κ2) is 10.8. The van der Waals surface area contributed by atoms with E-state index in [1.165, 1.54) is 44.4 Å². The van der Waals surface area contributed by atoms with Crippen LogP contribution in [-0.4, -0.2) is 34.9 Å². The lowest BCUT2D eigenvalue weighted by Gasteiger charge is -2.17. The number of nitrogens with one attached hydrogen (secondary N) is 1. The summed E-state index contributed by atoms with van der Waals surface area (Å²) in [5.74, 6) is 1.14. The van der Waals surface area contributed by atoms with Crippen LogP contribution in [0.1, 0.15) is 27.5 Å². The standard InChI is InChI=1S/C24H21F3N4O4S/c1-33-17-8-4-9-18(34-2)21(17)31-20(13-28-22(32)19-10-5-11-35-19)29-30-23(31)36-14-15-6-3-7-16(12-15)24(25,26)27/h3-12H,13-14H2,1-2H3,(H,28,32). The molecule has 4 aromatic rings. The maximum Gasteiger partial charge on any atom is 0.416 e. The SMILES string of the molecule is COc1cccc(OC)c1-n1c(CNC(=O)c2ccco2)nnc1SCc1cccc(C(F)(F)F)c1. The molecule has 0 saturated carbocycles. The number of para-hydroxylation sites is 1. The molecule has 0 atom stereocenters. The minimum atomic E-state index is -4.44. The van der Waals surface area contributed by atoms with Gasteiger partial charge in [0, 0.05) is 5.75 Å². The van der Waals surface area contributed by atoms with Crippen molar-refractivity contribution in [3.05, 3.63) is 83.6 Å². The lowest BCUT2D eigenvalue weighted by molar-refractivity contribution is -0.137. The van der Waals surface area contributed by atoms with Gasteiger partial charge in [-0.1, -0.05) is 36.0 Å². The van der Waals surface area contributed by atoms with E-state index in [9.17, 15) is 18.0 Å². The molecule has 0 bridgehead atoms. The Labute approximate surface area is 208 Å². The van der Waals surface area contributed by atoms with Gasteiger partial charge >= 0.3 is 6.18 Å². The zero-order valence-electron chi connectivity index (χ0n) is 19.2. The molecule has 0 saturated heterocycles. The second-order valence-corrected chi connectivity index (χ2v) is 8.33. The molecule has 36 heavy (non-hydrogen) atoms. The summed E-state index contributed by atoms with van der Waals surface area (Å²) < 4.78 is 57.2. The van der Waals surface area contributed by atoms with Crippen molar-refractivity contribution in [1.82, 2.24) is 20.1 Å². The van der Waals surface area contributed by atoms with Crippen LogP contribution in [0.2, 0.25) is 0 Å². The highest BCUT2D eigenvalue weighted by molar-refractivity contribution is 7.98. The summed E-state index contributed by atoms with van der Waals surface area (Å²) >= 11 is 1.19. The Balaban J connectivity index is 1.68. The zero-order chi connectivity index (χ0) is 25.7. The lowest BCUT2D eigenvalue weighted by atomic mass is 10.1. The maximum atomic E-state index is 13.1. The third-order valence-corrected chi connectivity index (χ3v) is 6.10. The molecular formula is C24H21F3N4O4S. The predicted octanol–water partition coefficient (Wildman–Crippen LogP) is 5.12. The summed E-state index contributed by atoms with van der Waals surface area (Å²) in [5.41, 5.74) is 0.222. The first kappa shape index (κ1) is 25.2. The first-order chi connectivity index (χ1) is 17.3. The fraction of sp³-hybridized carbons (Fsp3) is 0.208. The van der Waals surface area contributed by atoms with Gasteiger partial charge in [0.1, 0.15) is 17.2 Å². The monoisotopic (exact) mass is 518 g/mol. The molecule has 8 nitrogen and oxygen atoms in total. The summed E-state index contributed by atoms with van der Waals surface area (Å²) in [6, 6.07) is 13.4. The minimum Gasteiger partial charge on any atom is -0.494 e. The van der Waals surface area contributed by atoms with E-state index in [0.717, 1.165) is 12.1 Å². The van der Waals surface area contributed by atoms with Crippen molar-refractivity contribution in [3.8, 4) is 17.2 Å². The quantitative estimate of drug-likeness (QED) is 0.308. The van der Waals surface area contributed by atoms with E-state index in [1.54, 1.807) is 34.9 Å². The summed E-state index contributed by atoms with van der Waals surface area (Å²) in [5, 5.41) is 11.6. The number of furan rings is 1. The number of aromatic nitrogens is 3. The van der Waals surface area contributed by atoms with Crippen LogP contribution < -0.4 is 14.8 Å². The Morgan fingerprint density at radius 1 is 1.06 bits per heavy atom. The van der Waals surface area contributed by atoms with Gasteiger partial charge < -0.3 is 19.2 Å². The van der Waals surface area contributed by atoms with Gasteiger partial charge in [-0.2, -0.15) is 13.2 Å². The molecule has 2 heterocycles. The molecule has 0 unspecified atom stereocenters. The summed E-state index contributed by atoms with van der Waals surface area (Å²) in [4.78, 5) is 12.4. The highest BCUT2D eigenvalue weighted by Gasteiger charge is 2.30. The van der Waals surface area contributed by atoms with Crippen LogP contribution in [0.3, 0.4) is 0 Å². The number of ether oxygens (including phenoxy) is 2. The molecule has 2 aromatic carbocycles. The third kappa shape index (κ3) is 5.48. The van der Waals surface area contributed by atoms with Gasteiger partial charge in [-0.15, -0.1) is 10.2 Å². The van der Waals surface area contributed by atoms with E-state index in [2.05, 4.69) is 15.5 Å². The van der Waals surface area contributed by atoms with Crippen molar-refractivity contribution in [2.24, 2.45) is 0 Å². The Hall–Kier alpha value is -3.93. The van der Waals surface area contributed by atoms with Gasteiger partial charge in [-0.25, -0.2) is 0 Å². The predicted molar refractivity (Wildman–Crippen MR) is 125 cm³/mol. The largest absolute Gasteiger partial charge is 0.494 e. The third-order valence-electron chi connectivity index (χ3n) is 5.10. The highest BCUT2D eigenvalue weighted by atomic mass is 32.2. The molecule has 0 radical (unpaired) electrons. The van der Waals surface area contributed by atoms with E-state index in [-0.39, 0.29) is 18.1 Å². The van der Waals surface area contributed by atoms with Gasteiger partial charge in [-0.3, -0.25) is 9.36 Å². The molecule has 1 N–H and O–H groups in total. The van der Waals surface area contributed by atoms with Crippen LogP contribution in [0.15, 0.2) is 70.4 Å². The van der Waals surface area contributed by atoms with E-state index in [0.29, 0.717) is 33.7 Å². The number of carbonyl (C=O) groups is 1. The first-order valence-electron chi connectivity index (χ1n) is 10.6. The summed E-state index contributed by atoms with van der Waals surface area (Å²) in [7, 11) is 2.99. The van der Waals surface area contributed by atoms with E-state index in [4.69, 9.17) is 13.9 Å². The zero-order valence-corrected chi connectivity index (χ0v) is 20.0. The lowest BCUT2D eigenvalue weighted by Crippen LogP contribution is -2.24. The average molecular weight is 519 g/mol. The van der Waals surface area contributed by atoms with E-state index >= 15 is 0 Å². The minimum absolute atomic E-state index is 0.0160. The van der Waals surface area contributed by atoms with Crippen LogP contribution in [0.4, 0.5) is 13.2 Å². The van der Waals surface area contributed by atoms with Crippen LogP contribution >= 0.6 is 11.8 Å². The number of amides is 1. The number of rotatable bonds is 9. The number of methoxy groups -OCH3 is 2. The number of hydrogen-bond acceptors (Lipinski definition) is 7. The van der Waals surface area contributed by atoms with Crippen LogP contribution in [0.25, 0.3) is 5.69 Å². The first-order valence-corrected chi connectivity index (χ1v) is 11.6. The number of hydrogen-bond donors (Lipinski definition) is 1. The maximum absolute atomic E-state index is 13.1. The number of nitrogens with zero attached hydrogens (tertiary/aromatic N) is 3. The van der Waals surface area contributed by atoms with Crippen LogP contribution in [0, 0.1) is 0 Å². The summed E-state index contributed by atoms with van der Waals surface area (Å²) in [6.07, 6.45) is -3.05. The molecule has 0 aliphatic carbocycles. The van der Waals surface area contributed by atoms with Crippen molar-refractivity contribution in [3.63, 3.8) is 0 Å². The number of thioether (sulfide) groups is 1. The second-order valence-electron chi connectivity index (χ2n) is 7.39. The van der Waals surface area contributed by atoms with Crippen molar-refractivity contribution in [2.45, 2.75) is 23.6 Å².